The van der Waals surface area contributed by atoms with E-state index in [0.717, 1.165) is 21.3 Å². The maximum Gasteiger partial charge on any atom is 0.172 e. The van der Waals surface area contributed by atoms with Gasteiger partial charge in [0.05, 0.1) is 0 Å². The molecule has 0 heterocycles. The van der Waals surface area contributed by atoms with Gasteiger partial charge in [-0.15, -0.1) is 0 Å². The van der Waals surface area contributed by atoms with Crippen molar-refractivity contribution in [1.82, 2.24) is 5.48 Å². The summed E-state index contributed by atoms with van der Waals surface area (Å²) in [7, 11) is 0. The number of hydrogen-bond donors (Lipinski definition) is 2. The molecule has 0 aliphatic carbocycles. The largest absolute Gasteiger partial charge is 0.409 e. The first-order valence-corrected chi connectivity index (χ1v) is 5.22. The second-order valence-electron chi connectivity index (χ2n) is 3.26. The van der Waals surface area contributed by atoms with E-state index in [1.807, 2.05) is 26.0 Å². The Kier molecular flexibility index (Phi) is 3.96. The number of halogens is 1. The summed E-state index contributed by atoms with van der Waals surface area (Å²) in [5.41, 5.74) is 4.53. The number of hydroxylamine groups is 1. The molecule has 0 aliphatic heterocycles. The van der Waals surface area contributed by atoms with E-state index < -0.39 is 0 Å². The van der Waals surface area contributed by atoms with Gasteiger partial charge in [0.25, 0.3) is 0 Å². The molecule has 0 aromatic heterocycles. The van der Waals surface area contributed by atoms with Gasteiger partial charge in [-0.2, -0.15) is 0 Å². The van der Waals surface area contributed by atoms with Crippen molar-refractivity contribution in [2.45, 2.75) is 20.8 Å². The van der Waals surface area contributed by atoms with Crippen LogP contribution in [0.2, 0.25) is 0 Å². The molecule has 0 saturated carbocycles. The second kappa shape index (κ2) is 5.02. The fourth-order valence-corrected chi connectivity index (χ4v) is 1.89. The molecular formula is C10H13BrN2O2. The zero-order valence-corrected chi connectivity index (χ0v) is 10.4. The lowest BCUT2D eigenvalue weighted by Crippen LogP contribution is -2.25. The lowest BCUT2D eigenvalue weighted by atomic mass is 10.1. The Morgan fingerprint density at radius 1 is 1.40 bits per heavy atom. The van der Waals surface area contributed by atoms with Crippen LogP contribution in [0.15, 0.2) is 21.8 Å². The average molecular weight is 273 g/mol. The molecule has 0 atom stereocenters. The van der Waals surface area contributed by atoms with E-state index in [4.69, 9.17) is 10.0 Å². The topological polar surface area (TPSA) is 53.9 Å². The van der Waals surface area contributed by atoms with E-state index in [-0.39, 0.29) is 0 Å². The Morgan fingerprint density at radius 3 is 2.40 bits per heavy atom. The number of rotatable bonds is 2. The Morgan fingerprint density at radius 2 is 1.93 bits per heavy atom. The van der Waals surface area contributed by atoms with E-state index in [9.17, 15) is 0 Å². The molecule has 0 bridgehead atoms. The Hall–Kier alpha value is -1.23. The van der Waals surface area contributed by atoms with Gasteiger partial charge in [-0.05, 0) is 44.0 Å². The predicted octanol–water partition coefficient (Wildman–Crippen LogP) is 2.76. The lowest BCUT2D eigenvalue weighted by Gasteiger charge is -2.12. The van der Waals surface area contributed by atoms with Crippen LogP contribution in [0.4, 0.5) is 0 Å². The van der Waals surface area contributed by atoms with Gasteiger partial charge in [0.15, 0.2) is 11.6 Å². The summed E-state index contributed by atoms with van der Waals surface area (Å²) in [5.74, 6) is 1.04. The molecule has 4 nitrogen and oxygen atoms in total. The van der Waals surface area contributed by atoms with Crippen molar-refractivity contribution in [2.24, 2.45) is 5.16 Å². The van der Waals surface area contributed by atoms with Gasteiger partial charge in [-0.3, -0.25) is 0 Å². The van der Waals surface area contributed by atoms with Crippen LogP contribution in [0.5, 0.6) is 5.75 Å². The van der Waals surface area contributed by atoms with Crippen molar-refractivity contribution in [3.05, 3.63) is 27.7 Å². The van der Waals surface area contributed by atoms with Crippen molar-refractivity contribution in [1.29, 1.82) is 0 Å². The quantitative estimate of drug-likeness (QED) is 0.377. The fourth-order valence-electron chi connectivity index (χ4n) is 1.20. The van der Waals surface area contributed by atoms with Crippen molar-refractivity contribution < 1.29 is 10.0 Å². The van der Waals surface area contributed by atoms with E-state index in [1.54, 1.807) is 6.92 Å². The van der Waals surface area contributed by atoms with Crippen LogP contribution in [0.25, 0.3) is 0 Å². The standard InChI is InChI=1S/C10H13BrN2O2/c1-6-4-9(11)5-7(2)10(6)15-13-8(3)12-14/h4-5,14H,1-3H3,(H,12,13). The smallest absolute Gasteiger partial charge is 0.172 e. The minimum atomic E-state index is 0.303. The fraction of sp³-hybridized carbons (Fsp3) is 0.300. The third kappa shape index (κ3) is 3.13. The zero-order chi connectivity index (χ0) is 11.4. The van der Waals surface area contributed by atoms with Crippen LogP contribution < -0.4 is 10.3 Å². The highest BCUT2D eigenvalue weighted by atomic mass is 79.9. The Labute approximate surface area is 97.0 Å². The molecule has 82 valence electrons. The molecule has 0 spiro atoms. The third-order valence-electron chi connectivity index (χ3n) is 1.88. The van der Waals surface area contributed by atoms with Crippen LogP contribution in [0, 0.1) is 13.8 Å². The molecule has 5 heteroatoms. The lowest BCUT2D eigenvalue weighted by molar-refractivity contribution is 0.243. The van der Waals surface area contributed by atoms with Crippen LogP contribution >= 0.6 is 15.9 Å². The molecule has 1 aromatic carbocycles. The van der Waals surface area contributed by atoms with E-state index in [2.05, 4.69) is 26.6 Å². The molecule has 0 saturated heterocycles. The molecule has 0 aliphatic rings. The summed E-state index contributed by atoms with van der Waals surface area (Å²) in [6.45, 7) is 5.49. The summed E-state index contributed by atoms with van der Waals surface area (Å²) in [4.78, 5) is 5.31. The maximum atomic E-state index is 8.43. The SMILES string of the molecule is CC(=NO)NOc1c(C)cc(Br)cc1C. The summed E-state index contributed by atoms with van der Waals surface area (Å²) in [5, 5.41) is 11.4. The molecule has 0 unspecified atom stereocenters. The summed E-state index contributed by atoms with van der Waals surface area (Å²) < 4.78 is 1.01. The first-order valence-electron chi connectivity index (χ1n) is 4.43. The van der Waals surface area contributed by atoms with Gasteiger partial charge in [-0.25, -0.2) is 5.48 Å². The summed E-state index contributed by atoms with van der Waals surface area (Å²) >= 11 is 3.40. The highest BCUT2D eigenvalue weighted by Gasteiger charge is 2.06. The van der Waals surface area contributed by atoms with Gasteiger partial charge in [0, 0.05) is 4.47 Å². The molecule has 0 radical (unpaired) electrons. The first kappa shape index (κ1) is 11.8. The minimum absolute atomic E-state index is 0.303. The number of oxime groups is 1. The number of hydrogen-bond acceptors (Lipinski definition) is 3. The zero-order valence-electron chi connectivity index (χ0n) is 8.84. The number of nitrogens with zero attached hydrogens (tertiary/aromatic N) is 1. The summed E-state index contributed by atoms with van der Waals surface area (Å²) in [6, 6.07) is 3.91. The van der Waals surface area contributed by atoms with Crippen LogP contribution in [-0.2, 0) is 0 Å². The van der Waals surface area contributed by atoms with Gasteiger partial charge in [-0.1, -0.05) is 21.1 Å². The summed E-state index contributed by atoms with van der Waals surface area (Å²) in [6.07, 6.45) is 0. The van der Waals surface area contributed by atoms with Crippen molar-refractivity contribution >= 4 is 21.8 Å². The molecule has 0 amide bonds. The molecule has 15 heavy (non-hydrogen) atoms. The highest BCUT2D eigenvalue weighted by Crippen LogP contribution is 2.26. The third-order valence-corrected chi connectivity index (χ3v) is 2.33. The minimum Gasteiger partial charge on any atom is -0.409 e. The maximum absolute atomic E-state index is 8.43. The van der Waals surface area contributed by atoms with E-state index in [0.29, 0.717) is 5.84 Å². The number of benzene rings is 1. The monoisotopic (exact) mass is 272 g/mol. The first-order chi connectivity index (χ1) is 7.04. The van der Waals surface area contributed by atoms with Gasteiger partial charge >= 0.3 is 0 Å². The number of nitrogens with one attached hydrogen (secondary N) is 1. The number of aryl methyl sites for hydroxylation is 2. The van der Waals surface area contributed by atoms with Crippen LogP contribution in [0.1, 0.15) is 18.1 Å². The highest BCUT2D eigenvalue weighted by molar-refractivity contribution is 9.10. The average Bonchev–Trinajstić information content (AvgIpc) is 2.15. The molecule has 0 fully saturated rings. The van der Waals surface area contributed by atoms with E-state index >= 15 is 0 Å². The Balaban J connectivity index is 2.86. The second-order valence-corrected chi connectivity index (χ2v) is 4.17. The predicted molar refractivity (Wildman–Crippen MR) is 62.3 cm³/mol. The van der Waals surface area contributed by atoms with Crippen LogP contribution in [-0.4, -0.2) is 11.0 Å². The van der Waals surface area contributed by atoms with Crippen molar-refractivity contribution in [2.75, 3.05) is 0 Å². The van der Waals surface area contributed by atoms with Crippen molar-refractivity contribution in [3.8, 4) is 5.75 Å². The van der Waals surface area contributed by atoms with Crippen LogP contribution in [0.3, 0.4) is 0 Å². The Bertz CT molecular complexity index is 368. The molecule has 1 aromatic rings. The molecular weight excluding hydrogens is 260 g/mol. The van der Waals surface area contributed by atoms with Crippen molar-refractivity contribution in [3.63, 3.8) is 0 Å². The van der Waals surface area contributed by atoms with Gasteiger partial charge in [0.2, 0.25) is 0 Å². The van der Waals surface area contributed by atoms with Gasteiger partial charge < -0.3 is 10.0 Å². The van der Waals surface area contributed by atoms with E-state index in [1.165, 1.54) is 0 Å². The molecule has 2 N–H and O–H groups in total. The number of amidine groups is 1. The van der Waals surface area contributed by atoms with Gasteiger partial charge in [0.1, 0.15) is 0 Å². The normalized spacial score (nSPS) is 11.3. The molecule has 1 rings (SSSR count).